The zero-order valence-corrected chi connectivity index (χ0v) is 39.0. The molecule has 0 bridgehead atoms. The summed E-state index contributed by atoms with van der Waals surface area (Å²) in [5, 5.41) is 17.4. The van der Waals surface area contributed by atoms with Crippen LogP contribution in [0.15, 0.2) is 104 Å². The average molecular weight is 957 g/mol. The number of halogens is 3. The number of ketones is 1. The fourth-order valence-corrected chi connectivity index (χ4v) is 12.1. The van der Waals surface area contributed by atoms with Crippen LogP contribution in [0, 0.1) is 5.82 Å². The van der Waals surface area contributed by atoms with Gasteiger partial charge in [0.05, 0.1) is 17.3 Å². The number of carbonyl (C=O) groups is 5. The molecule has 68 heavy (non-hydrogen) atoms. The predicted octanol–water partition coefficient (Wildman–Crippen LogP) is 9.20. The van der Waals surface area contributed by atoms with Crippen molar-refractivity contribution in [2.45, 2.75) is 119 Å². The second-order valence-corrected chi connectivity index (χ2v) is 19.8. The number of unbranched alkanes of at least 4 members (excludes halogenated alkanes) is 1. The Bertz CT molecular complexity index is 2880. The normalized spacial score (nSPS) is 22.6. The van der Waals surface area contributed by atoms with Gasteiger partial charge in [0.1, 0.15) is 17.3 Å². The molecular weight excluding hydrogens is 905 g/mol. The van der Waals surface area contributed by atoms with Gasteiger partial charge in [-0.3, -0.25) is 34.0 Å². The monoisotopic (exact) mass is 955 g/mol. The Hall–Kier alpha value is -6.15. The van der Waals surface area contributed by atoms with E-state index in [9.17, 15) is 24.0 Å². The number of rotatable bonds is 13. The Balaban J connectivity index is 0.758. The highest BCUT2D eigenvalue weighted by Crippen LogP contribution is 2.63. The highest BCUT2D eigenvalue weighted by atomic mass is 35.5. The van der Waals surface area contributed by atoms with Crippen LogP contribution >= 0.6 is 23.2 Å². The molecule has 12 nitrogen and oxygen atoms in total. The summed E-state index contributed by atoms with van der Waals surface area (Å²) in [4.78, 5) is 70.3. The highest BCUT2D eigenvalue weighted by molar-refractivity contribution is 6.31. The molecule has 4 aromatic carbocycles. The minimum atomic E-state index is -1.35. The molecule has 2 spiro atoms. The van der Waals surface area contributed by atoms with Crippen molar-refractivity contribution in [1.29, 1.82) is 0 Å². The van der Waals surface area contributed by atoms with Gasteiger partial charge in [-0.05, 0) is 128 Å². The molecular formula is C53H52Cl2FN7O5. The Kier molecular flexibility index (Phi) is 12.3. The van der Waals surface area contributed by atoms with E-state index in [1.807, 2.05) is 41.3 Å². The van der Waals surface area contributed by atoms with Crippen LogP contribution in [-0.4, -0.2) is 61.7 Å². The molecule has 5 aromatic rings. The zero-order valence-electron chi connectivity index (χ0n) is 37.5. The second kappa shape index (κ2) is 18.4. The lowest BCUT2D eigenvalue weighted by molar-refractivity contribution is -0.126. The Morgan fingerprint density at radius 1 is 0.926 bits per heavy atom. The van der Waals surface area contributed by atoms with Crippen LogP contribution in [0.25, 0.3) is 0 Å². The SMILES string of the molecule is C=C1CCC(N2Cc3c(CCc4cnn(CCCCC(=O)c5ccc(NC(=O)[C@@H]6NC7(CCCCC7)[C@@]7(C(=O)Nc8cc(Cl)ccc87)[C@H]6c6cccc(Cl)c6F)cc5)c4)cccc3C2=O)C(=O)N1. The number of benzene rings is 4. The minimum Gasteiger partial charge on any atom is -0.329 e. The maximum absolute atomic E-state index is 16.3. The zero-order chi connectivity index (χ0) is 47.3. The van der Waals surface area contributed by atoms with Gasteiger partial charge in [-0.1, -0.05) is 79.4 Å². The lowest BCUT2D eigenvalue weighted by atomic mass is 9.55. The molecule has 1 unspecified atom stereocenters. The van der Waals surface area contributed by atoms with E-state index < -0.39 is 40.7 Å². The van der Waals surface area contributed by atoms with Crippen LogP contribution < -0.4 is 21.3 Å². The van der Waals surface area contributed by atoms with E-state index in [1.54, 1.807) is 53.4 Å². The number of carbonyl (C=O) groups excluding carboxylic acids is 5. The molecule has 15 heteroatoms. The summed E-state index contributed by atoms with van der Waals surface area (Å²) < 4.78 is 18.2. The van der Waals surface area contributed by atoms with Crippen molar-refractivity contribution in [3.05, 3.63) is 158 Å². The van der Waals surface area contributed by atoms with Gasteiger partial charge in [-0.15, -0.1) is 0 Å². The third-order valence-corrected chi connectivity index (χ3v) is 15.5. The van der Waals surface area contributed by atoms with E-state index in [2.05, 4.69) is 32.9 Å². The summed E-state index contributed by atoms with van der Waals surface area (Å²) in [5.41, 5.74) is 4.65. The summed E-state index contributed by atoms with van der Waals surface area (Å²) >= 11 is 12.8. The number of anilines is 2. The number of Topliss-reactive ketones (excluding diaryl/α,β-unsaturated/α-hetero) is 1. The standard InChI is InChI=1S/C53H52Cl2FN7O5/c1-31-14-23-43(48(65)58-31)63-30-39-33(9-7-10-37(39)50(63)67)16-15-32-28-57-62(29-32)26-6-3-13-44(64)34-17-20-36(21-18-34)59-49(66)47-45(38-11-8-12-41(55)46(38)56)53(52(61-47)24-4-2-5-25-52)40-22-19-35(54)27-42(40)60-51(53)68/h7-12,17-22,27-29,43,45,47,61H,1-6,13-16,23-26,30H2,(H,58,65)(H,59,66)(H,60,68)/t43?,45-,47+,53+/m0/s1. The summed E-state index contributed by atoms with van der Waals surface area (Å²) in [7, 11) is 0. The molecule has 4 aliphatic heterocycles. The summed E-state index contributed by atoms with van der Waals surface area (Å²) in [6.07, 6.45) is 12.1. The van der Waals surface area contributed by atoms with Gasteiger partial charge in [0, 0.05) is 70.4 Å². The van der Waals surface area contributed by atoms with E-state index >= 15 is 4.39 Å². The number of fused-ring (bicyclic) bond motifs is 4. The first-order chi connectivity index (χ1) is 32.9. The van der Waals surface area contributed by atoms with E-state index in [0.717, 1.165) is 55.2 Å². The number of hydrogen-bond acceptors (Lipinski definition) is 7. The van der Waals surface area contributed by atoms with E-state index in [4.69, 9.17) is 23.2 Å². The van der Waals surface area contributed by atoms with Crippen molar-refractivity contribution in [3.8, 4) is 0 Å². The largest absolute Gasteiger partial charge is 0.329 e. The lowest BCUT2D eigenvalue weighted by Crippen LogP contribution is -2.60. The number of aromatic nitrogens is 2. The molecule has 2 saturated heterocycles. The van der Waals surface area contributed by atoms with Gasteiger partial charge in [0.25, 0.3) is 5.91 Å². The molecule has 5 aliphatic rings. The maximum atomic E-state index is 16.3. The lowest BCUT2D eigenvalue weighted by Gasteiger charge is -2.47. The first kappa shape index (κ1) is 45.6. The molecule has 4 amide bonds. The Morgan fingerprint density at radius 3 is 2.51 bits per heavy atom. The summed E-state index contributed by atoms with van der Waals surface area (Å²) in [6, 6.07) is 21.0. The minimum absolute atomic E-state index is 0.0211. The van der Waals surface area contributed by atoms with Crippen LogP contribution in [0.4, 0.5) is 15.8 Å². The molecule has 4 atom stereocenters. The van der Waals surface area contributed by atoms with E-state index in [0.29, 0.717) is 90.4 Å². The molecule has 1 aliphatic carbocycles. The molecule has 0 radical (unpaired) electrons. The number of hydrogen-bond donors (Lipinski definition) is 4. The van der Waals surface area contributed by atoms with Crippen molar-refractivity contribution in [2.75, 3.05) is 10.6 Å². The highest BCUT2D eigenvalue weighted by Gasteiger charge is 2.72. The van der Waals surface area contributed by atoms with E-state index in [-0.39, 0.29) is 34.1 Å². The average Bonchev–Trinajstić information content (AvgIpc) is 4.08. The van der Waals surface area contributed by atoms with Crippen LogP contribution in [0.2, 0.25) is 10.0 Å². The summed E-state index contributed by atoms with van der Waals surface area (Å²) in [6.45, 7) is 4.92. The smallest absolute Gasteiger partial charge is 0.255 e. The van der Waals surface area contributed by atoms with E-state index in [1.165, 1.54) is 6.07 Å². The fraction of sp³-hybridized carbons (Fsp3) is 0.358. The quantitative estimate of drug-likeness (QED) is 0.0678. The van der Waals surface area contributed by atoms with Crippen molar-refractivity contribution < 1.29 is 28.4 Å². The molecule has 350 valence electrons. The van der Waals surface area contributed by atoms with Gasteiger partial charge in [-0.25, -0.2) is 4.39 Å². The molecule has 4 N–H and O–H groups in total. The van der Waals surface area contributed by atoms with Gasteiger partial charge < -0.3 is 20.9 Å². The third-order valence-electron chi connectivity index (χ3n) is 15.0. The number of aryl methyl sites for hydroxylation is 3. The van der Waals surface area contributed by atoms with Crippen LogP contribution in [0.3, 0.4) is 0 Å². The molecule has 10 rings (SSSR count). The number of amides is 4. The van der Waals surface area contributed by atoms with Gasteiger partial charge in [-0.2, -0.15) is 5.10 Å². The molecule has 5 heterocycles. The topological polar surface area (TPSA) is 155 Å². The molecule has 1 aromatic heterocycles. The van der Waals surface area contributed by atoms with Crippen molar-refractivity contribution in [3.63, 3.8) is 0 Å². The fourth-order valence-electron chi connectivity index (χ4n) is 11.8. The number of nitrogens with one attached hydrogen (secondary N) is 4. The predicted molar refractivity (Wildman–Crippen MR) is 258 cm³/mol. The Morgan fingerprint density at radius 2 is 1.72 bits per heavy atom. The van der Waals surface area contributed by atoms with Crippen molar-refractivity contribution >= 4 is 64.0 Å². The third kappa shape index (κ3) is 8.01. The van der Waals surface area contributed by atoms with Crippen molar-refractivity contribution in [1.82, 2.24) is 25.3 Å². The number of allylic oxidation sites excluding steroid dienone is 1. The number of piperidine rings is 1. The first-order valence-electron chi connectivity index (χ1n) is 23.6. The Labute approximate surface area is 404 Å². The first-order valence-corrected chi connectivity index (χ1v) is 24.3. The van der Waals surface area contributed by atoms with Gasteiger partial charge in [0.15, 0.2) is 5.78 Å². The van der Waals surface area contributed by atoms with Crippen LogP contribution in [0.5, 0.6) is 0 Å². The second-order valence-electron chi connectivity index (χ2n) is 18.9. The van der Waals surface area contributed by atoms with Crippen LogP contribution in [0.1, 0.15) is 119 Å². The van der Waals surface area contributed by atoms with Gasteiger partial charge >= 0.3 is 0 Å². The van der Waals surface area contributed by atoms with Crippen LogP contribution in [-0.2, 0) is 45.7 Å². The molecule has 1 saturated carbocycles. The van der Waals surface area contributed by atoms with Gasteiger partial charge in [0.2, 0.25) is 17.7 Å². The summed E-state index contributed by atoms with van der Waals surface area (Å²) in [5.74, 6) is -2.68. The number of nitrogens with zero attached hydrogens (tertiary/aromatic N) is 3. The molecule has 3 fully saturated rings. The van der Waals surface area contributed by atoms with Crippen molar-refractivity contribution in [2.24, 2.45) is 0 Å². The maximum Gasteiger partial charge on any atom is 0.255 e.